The van der Waals surface area contributed by atoms with Gasteiger partial charge in [0.2, 0.25) is 5.95 Å². The van der Waals surface area contributed by atoms with Crippen molar-refractivity contribution in [2.75, 3.05) is 12.4 Å². The summed E-state index contributed by atoms with van der Waals surface area (Å²) in [4.78, 5) is 31.2. The summed E-state index contributed by atoms with van der Waals surface area (Å²) in [5, 5.41) is 7.99. The van der Waals surface area contributed by atoms with Crippen LogP contribution in [0.15, 0.2) is 11.0 Å². The van der Waals surface area contributed by atoms with Gasteiger partial charge >= 0.3 is 5.97 Å². The van der Waals surface area contributed by atoms with Crippen molar-refractivity contribution in [1.82, 2.24) is 19.7 Å². The summed E-state index contributed by atoms with van der Waals surface area (Å²) in [7, 11) is 1.41. The van der Waals surface area contributed by atoms with Gasteiger partial charge in [0, 0.05) is 6.04 Å². The molecule has 1 aliphatic carbocycles. The van der Waals surface area contributed by atoms with Crippen molar-refractivity contribution in [2.24, 2.45) is 5.92 Å². The average molecular weight is 333 g/mol. The summed E-state index contributed by atoms with van der Waals surface area (Å²) < 4.78 is 6.55. The number of hydrogen-bond donors (Lipinski definition) is 2. The molecular weight excluding hydrogens is 310 g/mol. The number of carbonyl (C=O) groups is 1. The maximum atomic E-state index is 12.3. The van der Waals surface area contributed by atoms with Gasteiger partial charge in [-0.25, -0.2) is 4.68 Å². The van der Waals surface area contributed by atoms with Crippen LogP contribution in [0, 0.1) is 5.92 Å². The highest BCUT2D eigenvalue weighted by atomic mass is 16.5. The number of aromatic amines is 1. The van der Waals surface area contributed by atoms with Crippen molar-refractivity contribution in [1.29, 1.82) is 0 Å². The fraction of sp³-hybridized carbons (Fsp3) is 0.625. The van der Waals surface area contributed by atoms with Crippen molar-refractivity contribution in [2.45, 2.75) is 51.6 Å². The molecule has 2 N–H and O–H groups in total. The second-order valence-electron chi connectivity index (χ2n) is 7.25. The Labute approximate surface area is 139 Å². The van der Waals surface area contributed by atoms with E-state index in [4.69, 9.17) is 4.74 Å². The molecule has 8 heteroatoms. The average Bonchev–Trinajstić information content (AvgIpc) is 3.12. The molecule has 0 radical (unpaired) electrons. The molecule has 0 aromatic carbocycles. The van der Waals surface area contributed by atoms with Gasteiger partial charge in [-0.2, -0.15) is 10.1 Å². The normalized spacial score (nSPS) is 21.2. The quantitative estimate of drug-likeness (QED) is 0.828. The van der Waals surface area contributed by atoms with Gasteiger partial charge in [-0.15, -0.1) is 0 Å². The smallest absolute Gasteiger partial charge is 0.308 e. The minimum Gasteiger partial charge on any atom is -0.469 e. The van der Waals surface area contributed by atoms with Crippen molar-refractivity contribution in [3.05, 3.63) is 16.6 Å². The zero-order chi connectivity index (χ0) is 17.5. The van der Waals surface area contributed by atoms with E-state index in [-0.39, 0.29) is 29.0 Å². The third kappa shape index (κ3) is 3.00. The van der Waals surface area contributed by atoms with Crippen LogP contribution in [0.3, 0.4) is 0 Å². The van der Waals surface area contributed by atoms with Crippen LogP contribution in [0.5, 0.6) is 0 Å². The first-order valence-corrected chi connectivity index (χ1v) is 8.12. The molecule has 0 bridgehead atoms. The predicted molar refractivity (Wildman–Crippen MR) is 89.9 cm³/mol. The highest BCUT2D eigenvalue weighted by Crippen LogP contribution is 2.28. The van der Waals surface area contributed by atoms with E-state index < -0.39 is 0 Å². The Morgan fingerprint density at radius 2 is 2.17 bits per heavy atom. The fourth-order valence-electron chi connectivity index (χ4n) is 3.16. The molecule has 1 aliphatic rings. The highest BCUT2D eigenvalue weighted by molar-refractivity contribution is 5.75. The number of methoxy groups -OCH3 is 1. The van der Waals surface area contributed by atoms with Crippen LogP contribution in [-0.2, 0) is 15.1 Å². The molecule has 1 saturated carbocycles. The van der Waals surface area contributed by atoms with Gasteiger partial charge in [0.15, 0.2) is 5.65 Å². The first-order valence-electron chi connectivity index (χ1n) is 8.12. The topological polar surface area (TPSA) is 102 Å². The zero-order valence-electron chi connectivity index (χ0n) is 14.4. The monoisotopic (exact) mass is 333 g/mol. The number of ether oxygens (including phenoxy) is 1. The second-order valence-corrected chi connectivity index (χ2v) is 7.25. The van der Waals surface area contributed by atoms with E-state index >= 15 is 0 Å². The van der Waals surface area contributed by atoms with E-state index in [0.717, 1.165) is 12.8 Å². The molecule has 0 aliphatic heterocycles. The SMILES string of the molecule is COC(=O)[C@H]1CC[C@@H](Nc2nc3c(cnn3C(C)(C)C)c(=O)[nH]2)C1. The number of fused-ring (bicyclic) bond motifs is 1. The number of carbonyl (C=O) groups excluding carboxylic acids is 1. The number of hydrogen-bond acceptors (Lipinski definition) is 6. The number of aromatic nitrogens is 4. The Bertz CT molecular complexity index is 817. The Kier molecular flexibility index (Phi) is 4.06. The molecule has 2 aromatic rings. The summed E-state index contributed by atoms with van der Waals surface area (Å²) in [6, 6.07) is 0.0840. The van der Waals surface area contributed by atoms with Crippen molar-refractivity contribution < 1.29 is 9.53 Å². The summed E-state index contributed by atoms with van der Waals surface area (Å²) in [6.07, 6.45) is 3.82. The lowest BCUT2D eigenvalue weighted by molar-refractivity contribution is -0.145. The van der Waals surface area contributed by atoms with Crippen molar-refractivity contribution in [3.63, 3.8) is 0 Å². The van der Waals surface area contributed by atoms with Gasteiger partial charge in [-0.3, -0.25) is 14.6 Å². The molecule has 0 unspecified atom stereocenters. The third-order valence-corrected chi connectivity index (χ3v) is 4.38. The summed E-state index contributed by atoms with van der Waals surface area (Å²) in [5.41, 5.74) is 0.0557. The summed E-state index contributed by atoms with van der Waals surface area (Å²) in [5.74, 6) is 0.138. The number of H-pyrrole nitrogens is 1. The molecular formula is C16H23N5O3. The molecule has 8 nitrogen and oxygen atoms in total. The molecule has 0 spiro atoms. The summed E-state index contributed by atoms with van der Waals surface area (Å²) >= 11 is 0. The van der Waals surface area contributed by atoms with E-state index in [9.17, 15) is 9.59 Å². The lowest BCUT2D eigenvalue weighted by atomic mass is 10.1. The van der Waals surface area contributed by atoms with Crippen LogP contribution < -0.4 is 10.9 Å². The van der Waals surface area contributed by atoms with Gasteiger partial charge in [0.1, 0.15) is 5.39 Å². The Balaban J connectivity index is 1.86. The van der Waals surface area contributed by atoms with Crippen LogP contribution in [0.1, 0.15) is 40.0 Å². The van der Waals surface area contributed by atoms with E-state index in [1.807, 2.05) is 20.8 Å². The first-order chi connectivity index (χ1) is 11.3. The van der Waals surface area contributed by atoms with E-state index in [1.165, 1.54) is 7.11 Å². The van der Waals surface area contributed by atoms with Crippen LogP contribution in [0.2, 0.25) is 0 Å². The van der Waals surface area contributed by atoms with Crippen molar-refractivity contribution in [3.8, 4) is 0 Å². The molecule has 2 heterocycles. The second kappa shape index (κ2) is 5.92. The number of anilines is 1. The number of nitrogens with one attached hydrogen (secondary N) is 2. The predicted octanol–water partition coefficient (Wildman–Crippen LogP) is 1.63. The zero-order valence-corrected chi connectivity index (χ0v) is 14.4. The van der Waals surface area contributed by atoms with Gasteiger partial charge in [-0.05, 0) is 40.0 Å². The molecule has 2 atom stereocenters. The Morgan fingerprint density at radius 1 is 1.42 bits per heavy atom. The lowest BCUT2D eigenvalue weighted by Crippen LogP contribution is -2.25. The molecule has 3 rings (SSSR count). The number of nitrogens with zero attached hydrogens (tertiary/aromatic N) is 3. The Morgan fingerprint density at radius 3 is 2.83 bits per heavy atom. The maximum Gasteiger partial charge on any atom is 0.308 e. The molecule has 2 aromatic heterocycles. The van der Waals surface area contributed by atoms with Gasteiger partial charge in [-0.1, -0.05) is 0 Å². The van der Waals surface area contributed by atoms with Crippen LogP contribution in [0.25, 0.3) is 11.0 Å². The molecule has 24 heavy (non-hydrogen) atoms. The fourth-order valence-corrected chi connectivity index (χ4v) is 3.16. The lowest BCUT2D eigenvalue weighted by Gasteiger charge is -2.20. The van der Waals surface area contributed by atoms with Crippen LogP contribution >= 0.6 is 0 Å². The van der Waals surface area contributed by atoms with Gasteiger partial charge < -0.3 is 10.1 Å². The van der Waals surface area contributed by atoms with E-state index in [0.29, 0.717) is 23.4 Å². The standard InChI is InChI=1S/C16H23N5O3/c1-16(2,3)21-12-11(8-17-21)13(22)20-15(19-12)18-10-6-5-9(7-10)14(23)24-4/h8-10H,5-7H2,1-4H3,(H2,18,19,20,22)/t9-,10+/m0/s1. The van der Waals surface area contributed by atoms with E-state index in [2.05, 4.69) is 20.4 Å². The molecule has 0 amide bonds. The van der Waals surface area contributed by atoms with E-state index in [1.54, 1.807) is 10.9 Å². The van der Waals surface area contributed by atoms with Crippen LogP contribution in [-0.4, -0.2) is 38.9 Å². The number of esters is 1. The molecule has 1 fully saturated rings. The maximum absolute atomic E-state index is 12.3. The first kappa shape index (κ1) is 16.5. The number of rotatable bonds is 3. The Hall–Kier alpha value is -2.38. The van der Waals surface area contributed by atoms with Gasteiger partial charge in [0.25, 0.3) is 5.56 Å². The van der Waals surface area contributed by atoms with Crippen molar-refractivity contribution >= 4 is 23.0 Å². The van der Waals surface area contributed by atoms with Crippen LogP contribution in [0.4, 0.5) is 5.95 Å². The third-order valence-electron chi connectivity index (χ3n) is 4.38. The largest absolute Gasteiger partial charge is 0.469 e. The highest BCUT2D eigenvalue weighted by Gasteiger charge is 2.31. The summed E-state index contributed by atoms with van der Waals surface area (Å²) in [6.45, 7) is 6.02. The molecule has 0 saturated heterocycles. The van der Waals surface area contributed by atoms with Gasteiger partial charge in [0.05, 0.1) is 24.8 Å². The molecule has 130 valence electrons. The minimum absolute atomic E-state index is 0.0840. The minimum atomic E-state index is -0.275.